The van der Waals surface area contributed by atoms with E-state index in [4.69, 9.17) is 9.47 Å². The smallest absolute Gasteiger partial charge is 0.318 e. The van der Waals surface area contributed by atoms with E-state index < -0.39 is 0 Å². The summed E-state index contributed by atoms with van der Waals surface area (Å²) in [6.45, 7) is 4.53. The van der Waals surface area contributed by atoms with Crippen molar-refractivity contribution in [2.24, 2.45) is 0 Å². The van der Waals surface area contributed by atoms with E-state index in [2.05, 4.69) is 11.4 Å². The minimum Gasteiger partial charge on any atom is -0.383 e. The highest BCUT2D eigenvalue weighted by Gasteiger charge is 2.23. The molecule has 5 nitrogen and oxygen atoms in total. The quantitative estimate of drug-likeness (QED) is 0.841. The fourth-order valence-electron chi connectivity index (χ4n) is 2.44. The van der Waals surface area contributed by atoms with Crippen LogP contribution in [0.1, 0.15) is 24.6 Å². The van der Waals surface area contributed by atoms with E-state index >= 15 is 0 Å². The molecule has 1 aliphatic rings. The van der Waals surface area contributed by atoms with Crippen LogP contribution in [0.5, 0.6) is 0 Å². The summed E-state index contributed by atoms with van der Waals surface area (Å²) in [5.41, 5.74) is 0. The summed E-state index contributed by atoms with van der Waals surface area (Å²) in [4.78, 5) is 15.5. The Morgan fingerprint density at radius 3 is 3.14 bits per heavy atom. The second-order valence-corrected chi connectivity index (χ2v) is 6.43. The Balaban J connectivity index is 1.94. The van der Waals surface area contributed by atoms with Gasteiger partial charge >= 0.3 is 6.03 Å². The van der Waals surface area contributed by atoms with Crippen molar-refractivity contribution in [2.45, 2.75) is 38.5 Å². The molecular weight excluding hydrogens is 288 g/mol. The van der Waals surface area contributed by atoms with Gasteiger partial charge in [0, 0.05) is 25.1 Å². The molecule has 2 rings (SSSR count). The average Bonchev–Trinajstić information content (AvgIpc) is 3.11. The van der Waals surface area contributed by atoms with E-state index in [0.717, 1.165) is 19.4 Å². The molecule has 1 saturated heterocycles. The summed E-state index contributed by atoms with van der Waals surface area (Å²) in [6, 6.07) is 4.01. The van der Waals surface area contributed by atoms with Gasteiger partial charge in [0.15, 0.2) is 0 Å². The zero-order valence-electron chi connectivity index (χ0n) is 12.7. The molecule has 1 fully saturated rings. The zero-order valence-corrected chi connectivity index (χ0v) is 13.5. The number of carbonyl (C=O) groups is 1. The number of hydrogen-bond acceptors (Lipinski definition) is 4. The van der Waals surface area contributed by atoms with Crippen LogP contribution < -0.4 is 5.32 Å². The topological polar surface area (TPSA) is 50.8 Å². The number of amides is 2. The van der Waals surface area contributed by atoms with Gasteiger partial charge in [0.05, 0.1) is 25.3 Å². The first-order valence-corrected chi connectivity index (χ1v) is 8.25. The molecule has 0 bridgehead atoms. The normalized spacial score (nSPS) is 19.4. The summed E-state index contributed by atoms with van der Waals surface area (Å²) >= 11 is 1.67. The predicted octanol–water partition coefficient (Wildman–Crippen LogP) is 2.47. The Morgan fingerprint density at radius 2 is 2.52 bits per heavy atom. The van der Waals surface area contributed by atoms with Crippen LogP contribution in [0.4, 0.5) is 4.79 Å². The molecule has 2 atom stereocenters. The van der Waals surface area contributed by atoms with E-state index in [-0.39, 0.29) is 18.2 Å². The lowest BCUT2D eigenvalue weighted by molar-refractivity contribution is 0.0781. The molecule has 1 aromatic rings. The number of thiophene rings is 1. The molecular formula is C15H24N2O3S. The third-order valence-corrected chi connectivity index (χ3v) is 4.31. The third kappa shape index (κ3) is 5.30. The van der Waals surface area contributed by atoms with E-state index in [9.17, 15) is 4.79 Å². The Kier molecular flexibility index (Phi) is 6.48. The molecule has 0 saturated carbocycles. The van der Waals surface area contributed by atoms with Crippen molar-refractivity contribution < 1.29 is 14.3 Å². The maximum absolute atomic E-state index is 12.5. The van der Waals surface area contributed by atoms with Gasteiger partial charge in [-0.05, 0) is 31.2 Å². The fraction of sp³-hybridized carbons (Fsp3) is 0.667. The number of carbonyl (C=O) groups excluding carboxylic acids is 1. The Morgan fingerprint density at radius 1 is 1.67 bits per heavy atom. The van der Waals surface area contributed by atoms with E-state index in [1.807, 2.05) is 23.3 Å². The van der Waals surface area contributed by atoms with Gasteiger partial charge in [-0.3, -0.25) is 0 Å². The number of rotatable bonds is 7. The lowest BCUT2D eigenvalue weighted by Gasteiger charge is -2.27. The molecule has 2 amide bonds. The molecule has 118 valence electrons. The van der Waals surface area contributed by atoms with Crippen molar-refractivity contribution in [1.29, 1.82) is 0 Å². The summed E-state index contributed by atoms with van der Waals surface area (Å²) in [5, 5.41) is 5.01. The van der Waals surface area contributed by atoms with Crippen molar-refractivity contribution >= 4 is 17.4 Å². The van der Waals surface area contributed by atoms with E-state index in [1.165, 1.54) is 4.88 Å². The highest BCUT2D eigenvalue weighted by molar-refractivity contribution is 7.09. The maximum atomic E-state index is 12.5. The second kappa shape index (κ2) is 8.36. The molecule has 0 spiro atoms. The molecule has 1 aliphatic heterocycles. The monoisotopic (exact) mass is 312 g/mol. The molecule has 1 N–H and O–H groups in total. The van der Waals surface area contributed by atoms with Crippen LogP contribution in [0.2, 0.25) is 0 Å². The van der Waals surface area contributed by atoms with Crippen molar-refractivity contribution in [3.8, 4) is 0 Å². The van der Waals surface area contributed by atoms with Crippen LogP contribution in [0.25, 0.3) is 0 Å². The number of nitrogens with one attached hydrogen (secondary N) is 1. The Labute approximate surface area is 130 Å². The minimum atomic E-state index is -0.0524. The van der Waals surface area contributed by atoms with Crippen molar-refractivity contribution in [2.75, 3.05) is 26.9 Å². The Hall–Kier alpha value is -1.11. The van der Waals surface area contributed by atoms with Crippen LogP contribution >= 0.6 is 11.3 Å². The largest absolute Gasteiger partial charge is 0.383 e. The molecule has 0 aliphatic carbocycles. The maximum Gasteiger partial charge on any atom is 0.318 e. The Bertz CT molecular complexity index is 419. The van der Waals surface area contributed by atoms with Crippen LogP contribution in [0, 0.1) is 0 Å². The molecule has 2 heterocycles. The van der Waals surface area contributed by atoms with Gasteiger partial charge < -0.3 is 19.7 Å². The van der Waals surface area contributed by atoms with Crippen molar-refractivity contribution in [3.05, 3.63) is 22.4 Å². The van der Waals surface area contributed by atoms with Crippen molar-refractivity contribution in [1.82, 2.24) is 10.2 Å². The first kappa shape index (κ1) is 16.3. The van der Waals surface area contributed by atoms with Gasteiger partial charge in [0.1, 0.15) is 0 Å². The zero-order chi connectivity index (χ0) is 15.1. The van der Waals surface area contributed by atoms with Crippen LogP contribution in [0.15, 0.2) is 17.5 Å². The van der Waals surface area contributed by atoms with Crippen LogP contribution in [-0.2, 0) is 16.0 Å². The number of methoxy groups -OCH3 is 1. The standard InChI is InChI=1S/C15H24N2O3S/c1-12(11-19-2)16-15(18)17(9-13-5-3-7-20-13)10-14-6-4-8-21-14/h4,6,8,12-13H,3,5,7,9-11H2,1-2H3,(H,16,18). The van der Waals surface area contributed by atoms with Crippen molar-refractivity contribution in [3.63, 3.8) is 0 Å². The van der Waals surface area contributed by atoms with Crippen LogP contribution in [-0.4, -0.2) is 49.9 Å². The van der Waals surface area contributed by atoms with Gasteiger partial charge in [-0.1, -0.05) is 6.07 Å². The SMILES string of the molecule is COCC(C)NC(=O)N(Cc1cccs1)CC1CCCO1. The van der Waals surface area contributed by atoms with E-state index in [0.29, 0.717) is 19.7 Å². The second-order valence-electron chi connectivity index (χ2n) is 5.40. The summed E-state index contributed by atoms with van der Waals surface area (Å²) in [7, 11) is 1.64. The lowest BCUT2D eigenvalue weighted by atomic mass is 10.2. The first-order chi connectivity index (χ1) is 10.2. The first-order valence-electron chi connectivity index (χ1n) is 7.37. The highest BCUT2D eigenvalue weighted by Crippen LogP contribution is 2.17. The summed E-state index contributed by atoms with van der Waals surface area (Å²) in [5.74, 6) is 0. The highest BCUT2D eigenvalue weighted by atomic mass is 32.1. The van der Waals surface area contributed by atoms with Gasteiger partial charge in [-0.25, -0.2) is 4.79 Å². The van der Waals surface area contributed by atoms with Gasteiger partial charge in [-0.2, -0.15) is 0 Å². The molecule has 21 heavy (non-hydrogen) atoms. The minimum absolute atomic E-state index is 0.00201. The van der Waals surface area contributed by atoms with Crippen LogP contribution in [0.3, 0.4) is 0 Å². The molecule has 0 aromatic carbocycles. The molecule has 2 unspecified atom stereocenters. The van der Waals surface area contributed by atoms with Gasteiger partial charge in [-0.15, -0.1) is 11.3 Å². The molecule has 0 radical (unpaired) electrons. The number of nitrogens with zero attached hydrogens (tertiary/aromatic N) is 1. The van der Waals surface area contributed by atoms with Gasteiger partial charge in [0.2, 0.25) is 0 Å². The number of ether oxygens (including phenoxy) is 2. The summed E-state index contributed by atoms with van der Waals surface area (Å²) in [6.07, 6.45) is 2.27. The molecule has 6 heteroatoms. The number of hydrogen-bond donors (Lipinski definition) is 1. The fourth-order valence-corrected chi connectivity index (χ4v) is 3.16. The third-order valence-electron chi connectivity index (χ3n) is 3.45. The number of urea groups is 1. The summed E-state index contributed by atoms with van der Waals surface area (Å²) < 4.78 is 10.7. The van der Waals surface area contributed by atoms with E-state index in [1.54, 1.807) is 18.4 Å². The molecule has 1 aromatic heterocycles. The predicted molar refractivity (Wildman–Crippen MR) is 83.6 cm³/mol. The van der Waals surface area contributed by atoms with Gasteiger partial charge in [0.25, 0.3) is 0 Å². The average molecular weight is 312 g/mol. The lowest BCUT2D eigenvalue weighted by Crippen LogP contribution is -2.47.